The molecule has 0 unspecified atom stereocenters. The number of hydrogen-bond donors (Lipinski definition) is 0. The molecule has 0 aromatic heterocycles. The summed E-state index contributed by atoms with van der Waals surface area (Å²) >= 11 is 0. The molecule has 0 radical (unpaired) electrons. The van der Waals surface area contributed by atoms with Crippen molar-refractivity contribution in [3.63, 3.8) is 0 Å². The summed E-state index contributed by atoms with van der Waals surface area (Å²) in [5.41, 5.74) is 8.50. The Morgan fingerprint density at radius 1 is 0.282 bits per heavy atom. The van der Waals surface area contributed by atoms with E-state index >= 15 is 0 Å². The van der Waals surface area contributed by atoms with Crippen LogP contribution >= 0.6 is 0 Å². The van der Waals surface area contributed by atoms with E-state index in [1.165, 1.54) is 0 Å². The molecule has 0 aliphatic carbocycles. The van der Waals surface area contributed by atoms with Gasteiger partial charge in [-0.1, -0.05) is 158 Å². The summed E-state index contributed by atoms with van der Waals surface area (Å²) < 4.78 is 13.1. The molecule has 3 heteroatoms. The zero-order chi connectivity index (χ0) is 26.3. The highest BCUT2D eigenvalue weighted by Crippen LogP contribution is 2.41. The third-order valence-electron chi connectivity index (χ3n) is 6.78. The highest BCUT2D eigenvalue weighted by Gasteiger charge is 2.17. The van der Waals surface area contributed by atoms with Gasteiger partial charge in [0.05, 0.1) is 0 Å². The minimum atomic E-state index is 0.0629. The van der Waals surface area contributed by atoms with Crippen molar-refractivity contribution in [2.45, 2.75) is 0 Å². The Morgan fingerprint density at radius 2 is 0.538 bits per heavy atom. The van der Waals surface area contributed by atoms with Crippen molar-refractivity contribution in [2.24, 2.45) is 0 Å². The summed E-state index contributed by atoms with van der Waals surface area (Å²) in [6.45, 7) is 0. The maximum Gasteiger partial charge on any atom is 0.576 e. The molecule has 186 valence electrons. The zero-order valence-corrected chi connectivity index (χ0v) is 21.5. The van der Waals surface area contributed by atoms with Crippen molar-refractivity contribution in [3.05, 3.63) is 158 Å². The van der Waals surface area contributed by atoms with Crippen molar-refractivity contribution in [1.82, 2.24) is 0 Å². The third-order valence-corrected chi connectivity index (χ3v) is 6.78. The number of para-hydroxylation sites is 2. The van der Waals surface area contributed by atoms with Crippen LogP contribution in [0.3, 0.4) is 0 Å². The van der Waals surface area contributed by atoms with Crippen LogP contribution in [0.4, 0.5) is 0 Å². The second kappa shape index (κ2) is 11.6. The number of hydrogen-bond acceptors (Lipinski definition) is 2. The molecule has 0 fully saturated rings. The molecule has 0 heterocycles. The Labute approximate surface area is 230 Å². The van der Waals surface area contributed by atoms with Gasteiger partial charge in [0.2, 0.25) is 0 Å². The summed E-state index contributed by atoms with van der Waals surface area (Å²) in [6, 6.07) is 53.9. The van der Waals surface area contributed by atoms with E-state index < -0.39 is 0 Å². The lowest BCUT2D eigenvalue weighted by atomic mass is 9.96. The predicted molar refractivity (Wildman–Crippen MR) is 163 cm³/mol. The fraction of sp³-hybridized carbons (Fsp3) is 0. The Hall–Kier alpha value is -5.02. The van der Waals surface area contributed by atoms with Gasteiger partial charge in [0.25, 0.3) is 0 Å². The minimum absolute atomic E-state index is 0.0629. The van der Waals surface area contributed by atoms with E-state index in [0.29, 0.717) is 0 Å². The van der Waals surface area contributed by atoms with Gasteiger partial charge in [-0.05, 0) is 22.3 Å². The van der Waals surface area contributed by atoms with E-state index in [4.69, 9.17) is 9.31 Å². The van der Waals surface area contributed by atoms with E-state index in [9.17, 15) is 0 Å². The molecule has 0 atom stereocenters. The van der Waals surface area contributed by atoms with Crippen molar-refractivity contribution in [2.75, 3.05) is 0 Å². The normalized spacial score (nSPS) is 10.6. The van der Waals surface area contributed by atoms with Gasteiger partial charge in [-0.2, -0.15) is 0 Å². The average molecular weight is 502 g/mol. The lowest BCUT2D eigenvalue weighted by molar-refractivity contribution is 0.462. The Morgan fingerprint density at radius 3 is 0.795 bits per heavy atom. The molecular weight excluding hydrogens is 475 g/mol. The van der Waals surface area contributed by atoms with Crippen molar-refractivity contribution < 1.29 is 9.31 Å². The minimum Gasteiger partial charge on any atom is -0.528 e. The van der Waals surface area contributed by atoms with Gasteiger partial charge in [0.1, 0.15) is 11.5 Å². The standard InChI is InChI=1S/C36H27BO2/c1-5-15-27(16-6-1)31-23-13-24-32(28-17-7-2-8-18-28)35(31)38-37-39-36-33(29-19-9-3-10-20-29)25-14-26-34(36)30-21-11-4-12-22-30/h1-26,37H. The van der Waals surface area contributed by atoms with Gasteiger partial charge >= 0.3 is 7.69 Å². The van der Waals surface area contributed by atoms with Crippen LogP contribution in [-0.2, 0) is 0 Å². The molecule has 0 spiro atoms. The predicted octanol–water partition coefficient (Wildman–Crippen LogP) is 9.08. The first kappa shape index (κ1) is 24.3. The topological polar surface area (TPSA) is 18.5 Å². The van der Waals surface area contributed by atoms with Crippen LogP contribution in [0.2, 0.25) is 0 Å². The van der Waals surface area contributed by atoms with Crippen molar-refractivity contribution in [3.8, 4) is 56.0 Å². The molecule has 6 aromatic carbocycles. The molecule has 6 aromatic rings. The van der Waals surface area contributed by atoms with E-state index in [0.717, 1.165) is 56.0 Å². The molecule has 0 saturated heterocycles. The molecule has 0 aliphatic rings. The molecule has 0 aliphatic heterocycles. The van der Waals surface area contributed by atoms with Crippen molar-refractivity contribution >= 4 is 7.69 Å². The Balaban J connectivity index is 1.40. The fourth-order valence-corrected chi connectivity index (χ4v) is 4.91. The maximum absolute atomic E-state index is 6.54. The van der Waals surface area contributed by atoms with Crippen LogP contribution in [0, 0.1) is 0 Å². The van der Waals surface area contributed by atoms with Gasteiger partial charge in [-0.15, -0.1) is 0 Å². The smallest absolute Gasteiger partial charge is 0.528 e. The largest absolute Gasteiger partial charge is 0.576 e. The summed E-state index contributed by atoms with van der Waals surface area (Å²) in [5, 5.41) is 0. The van der Waals surface area contributed by atoms with Crippen LogP contribution in [0.5, 0.6) is 11.5 Å². The summed E-state index contributed by atoms with van der Waals surface area (Å²) in [5.74, 6) is 1.60. The molecule has 0 bridgehead atoms. The Kier molecular flexibility index (Phi) is 7.22. The molecule has 0 N–H and O–H groups in total. The first-order valence-electron chi connectivity index (χ1n) is 13.1. The lowest BCUT2D eigenvalue weighted by Gasteiger charge is -2.19. The van der Waals surface area contributed by atoms with Gasteiger partial charge in [0.15, 0.2) is 0 Å². The second-order valence-electron chi connectivity index (χ2n) is 9.24. The molecular formula is C36H27BO2. The van der Waals surface area contributed by atoms with E-state index in [1.54, 1.807) is 0 Å². The molecule has 0 amide bonds. The Bertz CT molecular complexity index is 1410. The molecule has 6 rings (SSSR count). The van der Waals surface area contributed by atoms with E-state index in [2.05, 4.69) is 84.9 Å². The zero-order valence-electron chi connectivity index (χ0n) is 21.5. The SMILES string of the molecule is B(Oc1c(-c2ccccc2)cccc1-c1ccccc1)Oc1c(-c2ccccc2)cccc1-c1ccccc1. The first-order chi connectivity index (χ1) is 19.4. The van der Waals surface area contributed by atoms with Gasteiger partial charge in [0, 0.05) is 22.3 Å². The van der Waals surface area contributed by atoms with Crippen molar-refractivity contribution in [1.29, 1.82) is 0 Å². The fourth-order valence-electron chi connectivity index (χ4n) is 4.91. The van der Waals surface area contributed by atoms with Crippen LogP contribution in [0.15, 0.2) is 158 Å². The molecule has 0 saturated carbocycles. The molecule has 39 heavy (non-hydrogen) atoms. The van der Waals surface area contributed by atoms with Gasteiger partial charge in [-0.25, -0.2) is 0 Å². The van der Waals surface area contributed by atoms with E-state index in [-0.39, 0.29) is 7.69 Å². The second-order valence-corrected chi connectivity index (χ2v) is 9.24. The van der Waals surface area contributed by atoms with Crippen LogP contribution < -0.4 is 9.31 Å². The monoisotopic (exact) mass is 502 g/mol. The van der Waals surface area contributed by atoms with Crippen LogP contribution in [0.25, 0.3) is 44.5 Å². The summed E-state index contributed by atoms with van der Waals surface area (Å²) in [6.07, 6.45) is 0. The first-order valence-corrected chi connectivity index (χ1v) is 13.1. The third kappa shape index (κ3) is 5.34. The quantitative estimate of drug-likeness (QED) is 0.193. The van der Waals surface area contributed by atoms with Gasteiger partial charge < -0.3 is 9.31 Å². The molecule has 2 nitrogen and oxygen atoms in total. The van der Waals surface area contributed by atoms with Crippen LogP contribution in [-0.4, -0.2) is 7.69 Å². The maximum atomic E-state index is 6.54. The highest BCUT2D eigenvalue weighted by molar-refractivity contribution is 6.22. The highest BCUT2D eigenvalue weighted by atomic mass is 16.6. The average Bonchev–Trinajstić information content (AvgIpc) is 3.03. The number of benzene rings is 6. The summed E-state index contributed by atoms with van der Waals surface area (Å²) in [7, 11) is 0.0629. The summed E-state index contributed by atoms with van der Waals surface area (Å²) in [4.78, 5) is 0. The van der Waals surface area contributed by atoms with Gasteiger partial charge in [-0.3, -0.25) is 0 Å². The lowest BCUT2D eigenvalue weighted by Crippen LogP contribution is -2.13. The van der Waals surface area contributed by atoms with E-state index in [1.807, 2.05) is 72.8 Å². The number of rotatable bonds is 8. The van der Waals surface area contributed by atoms with Crippen LogP contribution in [0.1, 0.15) is 0 Å².